The molecule has 2 aliphatic rings. The van der Waals surface area contributed by atoms with Gasteiger partial charge in [0.1, 0.15) is 11.6 Å². The molecule has 14 heteroatoms. The van der Waals surface area contributed by atoms with Gasteiger partial charge in [-0.25, -0.2) is 9.97 Å². The first kappa shape index (κ1) is 44.4. The highest BCUT2D eigenvalue weighted by Crippen LogP contribution is 2.37. The van der Waals surface area contributed by atoms with E-state index in [9.17, 15) is 19.8 Å². The number of rotatable bonds is 8. The molecular formula is C44H48N6O4S4. The number of H-pyrrole nitrogens is 2. The number of hydrogen-bond donors (Lipinski definition) is 4. The van der Waals surface area contributed by atoms with Crippen LogP contribution in [0.5, 0.6) is 0 Å². The number of amides is 2. The van der Waals surface area contributed by atoms with E-state index in [0.717, 1.165) is 81.7 Å². The summed E-state index contributed by atoms with van der Waals surface area (Å²) in [5, 5.41) is 21.6. The molecule has 10 nitrogen and oxygen atoms in total. The minimum Gasteiger partial charge on any atom is -0.378 e. The summed E-state index contributed by atoms with van der Waals surface area (Å²) < 4.78 is 0. The largest absolute Gasteiger partial charge is 0.378 e. The number of aromatic nitrogens is 4. The Balaban J connectivity index is 0.00000160. The molecule has 2 aliphatic heterocycles. The van der Waals surface area contributed by atoms with Crippen molar-refractivity contribution < 1.29 is 19.8 Å². The Morgan fingerprint density at radius 3 is 1.28 bits per heavy atom. The number of aliphatic hydroxyl groups excluding tert-OH is 2. The average Bonchev–Trinajstić information content (AvgIpc) is 4.05. The molecule has 302 valence electrons. The van der Waals surface area contributed by atoms with E-state index in [4.69, 9.17) is 9.97 Å². The standard InChI is InChI=1S/C44H40N6O4.4H2S/c51-39(29-9-3-1-4-10-29)43(53)49-23-7-13-37(49)41-45-33-21-19-31(25-35(33)47-41)27-15-17-28(18-16-27)32-20-22-34-36(26-32)48-42(46-34)38-14-8-24-50(38)44(54)40(52)30-11-5-2-6-12-30;;;;/h1-6,9-12,15-22,25-26,37-40,51-52H,7-8,13-14,23-24H2,(H,45,47)(H,46,48);4*1H2/t37-,38-,39-,40-;;;;/m0..../s1. The molecule has 0 aliphatic carbocycles. The summed E-state index contributed by atoms with van der Waals surface area (Å²) >= 11 is 0. The summed E-state index contributed by atoms with van der Waals surface area (Å²) in [6.45, 7) is 1.16. The van der Waals surface area contributed by atoms with Crippen LogP contribution >= 0.6 is 54.0 Å². The van der Waals surface area contributed by atoms with Gasteiger partial charge in [0.15, 0.2) is 12.2 Å². The molecule has 0 saturated carbocycles. The molecule has 5 aromatic carbocycles. The first-order valence-corrected chi connectivity index (χ1v) is 18.6. The van der Waals surface area contributed by atoms with Gasteiger partial charge < -0.3 is 30.0 Å². The lowest BCUT2D eigenvalue weighted by atomic mass is 10.00. The fourth-order valence-corrected chi connectivity index (χ4v) is 8.09. The van der Waals surface area contributed by atoms with Crippen molar-refractivity contribution in [3.8, 4) is 22.3 Å². The van der Waals surface area contributed by atoms with Gasteiger partial charge in [0.2, 0.25) is 0 Å². The zero-order valence-corrected chi connectivity index (χ0v) is 35.6. The molecule has 58 heavy (non-hydrogen) atoms. The quantitative estimate of drug-likeness (QED) is 0.122. The maximum absolute atomic E-state index is 13.3. The van der Waals surface area contributed by atoms with Crippen molar-refractivity contribution in [1.82, 2.24) is 29.7 Å². The highest BCUT2D eigenvalue weighted by molar-refractivity contribution is 7.59. The second-order valence-corrected chi connectivity index (χ2v) is 14.3. The lowest BCUT2D eigenvalue weighted by Gasteiger charge is -2.25. The number of aromatic amines is 2. The Morgan fingerprint density at radius 1 is 0.534 bits per heavy atom. The van der Waals surface area contributed by atoms with E-state index < -0.39 is 12.2 Å². The van der Waals surface area contributed by atoms with Gasteiger partial charge in [0.05, 0.1) is 34.2 Å². The molecule has 0 radical (unpaired) electrons. The molecule has 2 fully saturated rings. The van der Waals surface area contributed by atoms with Gasteiger partial charge in [-0.3, -0.25) is 9.59 Å². The number of carbonyl (C=O) groups excluding carboxylic acids is 2. The van der Waals surface area contributed by atoms with Gasteiger partial charge in [0, 0.05) is 13.1 Å². The van der Waals surface area contributed by atoms with Crippen molar-refractivity contribution in [2.45, 2.75) is 50.0 Å². The van der Waals surface area contributed by atoms with Gasteiger partial charge in [-0.2, -0.15) is 54.0 Å². The Labute approximate surface area is 364 Å². The monoisotopic (exact) mass is 852 g/mol. The number of likely N-dealkylation sites (tertiary alicyclic amines) is 2. The van der Waals surface area contributed by atoms with Crippen LogP contribution in [0.1, 0.15) is 72.8 Å². The van der Waals surface area contributed by atoms with Crippen LogP contribution in [-0.2, 0) is 9.59 Å². The summed E-state index contributed by atoms with van der Waals surface area (Å²) in [7, 11) is 0. The molecule has 4 heterocycles. The van der Waals surface area contributed by atoms with Crippen molar-refractivity contribution in [2.24, 2.45) is 0 Å². The molecule has 0 unspecified atom stereocenters. The van der Waals surface area contributed by atoms with Crippen LogP contribution in [-0.4, -0.2) is 64.9 Å². The minimum atomic E-state index is -1.20. The Kier molecular flexibility index (Phi) is 14.5. The lowest BCUT2D eigenvalue weighted by Crippen LogP contribution is -2.35. The topological polar surface area (TPSA) is 138 Å². The number of carbonyl (C=O) groups is 2. The van der Waals surface area contributed by atoms with Gasteiger partial charge in [0.25, 0.3) is 11.8 Å². The number of imidazole rings is 2. The zero-order chi connectivity index (χ0) is 36.8. The van der Waals surface area contributed by atoms with Gasteiger partial charge in [-0.1, -0.05) is 97.1 Å². The molecule has 0 spiro atoms. The number of benzene rings is 5. The molecule has 4 atom stereocenters. The second kappa shape index (κ2) is 18.9. The maximum atomic E-state index is 13.3. The number of aliphatic hydroxyl groups is 2. The number of nitrogens with zero attached hydrogens (tertiary/aromatic N) is 4. The SMILES string of the molecule is O=C([C@@H](O)c1ccccc1)N1CCC[C@H]1c1nc2ccc(-c3ccc(-c4ccc5nc([C@@H]6CCCN6C(=O)[C@@H](O)c6ccccc6)[nH]c5c4)cc3)cc2[nH]1.S.S.S.S. The fraction of sp³-hybridized carbons (Fsp3) is 0.227. The normalized spacial score (nSPS) is 17.1. The highest BCUT2D eigenvalue weighted by atomic mass is 32.1. The average molecular weight is 853 g/mol. The van der Waals surface area contributed by atoms with Crippen LogP contribution in [0.15, 0.2) is 121 Å². The van der Waals surface area contributed by atoms with Gasteiger partial charge >= 0.3 is 0 Å². The van der Waals surface area contributed by atoms with Crippen molar-refractivity contribution in [3.63, 3.8) is 0 Å². The van der Waals surface area contributed by atoms with Gasteiger partial charge in [-0.05, 0) is 83.3 Å². The number of fused-ring (bicyclic) bond motifs is 2. The summed E-state index contributed by atoms with van der Waals surface area (Å²) in [4.78, 5) is 46.9. The second-order valence-electron chi connectivity index (χ2n) is 14.3. The van der Waals surface area contributed by atoms with E-state index in [1.165, 1.54) is 0 Å². The first-order chi connectivity index (χ1) is 26.4. The molecule has 0 bridgehead atoms. The lowest BCUT2D eigenvalue weighted by molar-refractivity contribution is -0.142. The molecule has 2 saturated heterocycles. The summed E-state index contributed by atoms with van der Waals surface area (Å²) in [6, 6.07) is 38.4. The molecule has 9 rings (SSSR count). The first-order valence-electron chi connectivity index (χ1n) is 18.6. The van der Waals surface area contributed by atoms with E-state index in [0.29, 0.717) is 24.2 Å². The molecule has 7 aromatic rings. The molecule has 4 N–H and O–H groups in total. The third-order valence-electron chi connectivity index (χ3n) is 11.0. The van der Waals surface area contributed by atoms with Gasteiger partial charge in [-0.15, -0.1) is 0 Å². The van der Waals surface area contributed by atoms with Crippen LogP contribution in [0.3, 0.4) is 0 Å². The van der Waals surface area contributed by atoms with Crippen molar-refractivity contribution in [1.29, 1.82) is 0 Å². The Morgan fingerprint density at radius 2 is 0.897 bits per heavy atom. The van der Waals surface area contributed by atoms with Crippen LogP contribution in [0.4, 0.5) is 0 Å². The van der Waals surface area contributed by atoms with Crippen molar-refractivity contribution >= 4 is 87.9 Å². The predicted molar refractivity (Wildman–Crippen MR) is 248 cm³/mol. The smallest absolute Gasteiger partial charge is 0.256 e. The maximum Gasteiger partial charge on any atom is 0.256 e. The third kappa shape index (κ3) is 8.54. The highest BCUT2D eigenvalue weighted by Gasteiger charge is 2.37. The fourth-order valence-electron chi connectivity index (χ4n) is 8.09. The van der Waals surface area contributed by atoms with E-state index in [-0.39, 0.29) is 77.9 Å². The summed E-state index contributed by atoms with van der Waals surface area (Å²) in [6.07, 6.45) is 0.856. The van der Waals surface area contributed by atoms with Crippen LogP contribution in [0, 0.1) is 0 Å². The summed E-state index contributed by atoms with van der Waals surface area (Å²) in [5.41, 5.74) is 8.85. The third-order valence-corrected chi connectivity index (χ3v) is 11.0. The van der Waals surface area contributed by atoms with E-state index in [2.05, 4.69) is 58.5 Å². The van der Waals surface area contributed by atoms with Crippen molar-refractivity contribution in [3.05, 3.63) is 144 Å². The van der Waals surface area contributed by atoms with Crippen LogP contribution < -0.4 is 0 Å². The number of hydrogen-bond acceptors (Lipinski definition) is 6. The van der Waals surface area contributed by atoms with E-state index in [1.807, 2.05) is 48.5 Å². The molecule has 2 amide bonds. The van der Waals surface area contributed by atoms with Crippen LogP contribution in [0.2, 0.25) is 0 Å². The van der Waals surface area contributed by atoms with E-state index >= 15 is 0 Å². The Bertz CT molecular complexity index is 2310. The van der Waals surface area contributed by atoms with Crippen molar-refractivity contribution in [2.75, 3.05) is 13.1 Å². The Hall–Kier alpha value is -4.70. The molecule has 2 aromatic heterocycles. The minimum absolute atomic E-state index is 0. The van der Waals surface area contributed by atoms with E-state index in [1.54, 1.807) is 34.1 Å². The number of nitrogens with one attached hydrogen (secondary N) is 2. The van der Waals surface area contributed by atoms with Crippen LogP contribution in [0.25, 0.3) is 44.3 Å². The zero-order valence-electron chi connectivity index (χ0n) is 31.6. The summed E-state index contributed by atoms with van der Waals surface area (Å²) in [5.74, 6) is 0.865. The molecular weight excluding hydrogens is 805 g/mol. The predicted octanol–water partition coefficient (Wildman–Crippen LogP) is 8.02.